The number of nitrogens with zero attached hydrogens (tertiary/aromatic N) is 3. The number of hydrogen-bond donors (Lipinski definition) is 0. The van der Waals surface area contributed by atoms with E-state index in [0.717, 1.165) is 31.5 Å². The summed E-state index contributed by atoms with van der Waals surface area (Å²) in [4.78, 5) is 6.00. The van der Waals surface area contributed by atoms with Gasteiger partial charge in [-0.25, -0.2) is 8.42 Å². The van der Waals surface area contributed by atoms with Crippen LogP contribution in [0, 0.1) is 0 Å². The minimum Gasteiger partial charge on any atom is -0.368 e. The summed E-state index contributed by atoms with van der Waals surface area (Å²) in [5.74, 6) is 0. The smallest absolute Gasteiger partial charge is 0.217 e. The molecule has 2 aliphatic rings. The highest BCUT2D eigenvalue weighted by molar-refractivity contribution is 7.90. The molecule has 1 aromatic heterocycles. The lowest BCUT2D eigenvalue weighted by Crippen LogP contribution is -2.37. The van der Waals surface area contributed by atoms with Gasteiger partial charge in [-0.05, 0) is 19.3 Å². The second kappa shape index (κ2) is 5.91. The van der Waals surface area contributed by atoms with Crippen LogP contribution in [-0.2, 0) is 10.0 Å². The summed E-state index contributed by atoms with van der Waals surface area (Å²) in [6, 6.07) is 0. The maximum absolute atomic E-state index is 12.3. The summed E-state index contributed by atoms with van der Waals surface area (Å²) in [6.07, 6.45) is 5.48. The molecule has 1 aromatic rings. The lowest BCUT2D eigenvalue weighted by Gasteiger charge is -2.25. The number of sulfonamides is 1. The number of anilines is 1. The van der Waals surface area contributed by atoms with E-state index in [4.69, 9.17) is 23.2 Å². The minimum atomic E-state index is -3.11. The molecule has 2 heterocycles. The first-order chi connectivity index (χ1) is 10.00. The molecule has 2 fully saturated rings. The molecule has 0 N–H and O–H groups in total. The highest BCUT2D eigenvalue weighted by Crippen LogP contribution is 2.35. The van der Waals surface area contributed by atoms with Crippen molar-refractivity contribution < 1.29 is 8.42 Å². The van der Waals surface area contributed by atoms with Crippen LogP contribution < -0.4 is 4.90 Å². The van der Waals surface area contributed by atoms with Crippen LogP contribution in [-0.4, -0.2) is 49.1 Å². The van der Waals surface area contributed by atoms with Crippen molar-refractivity contribution in [3.8, 4) is 0 Å². The van der Waals surface area contributed by atoms with Crippen LogP contribution in [0.1, 0.15) is 19.3 Å². The quantitative estimate of drug-likeness (QED) is 0.840. The summed E-state index contributed by atoms with van der Waals surface area (Å²) in [7, 11) is -3.11. The predicted molar refractivity (Wildman–Crippen MR) is 84.6 cm³/mol. The Kier molecular flexibility index (Phi) is 4.32. The van der Waals surface area contributed by atoms with Gasteiger partial charge in [-0.15, -0.1) is 0 Å². The average molecular weight is 350 g/mol. The van der Waals surface area contributed by atoms with Crippen molar-refractivity contribution in [2.45, 2.75) is 24.5 Å². The van der Waals surface area contributed by atoms with Crippen molar-refractivity contribution in [1.29, 1.82) is 0 Å². The van der Waals surface area contributed by atoms with Gasteiger partial charge in [0.15, 0.2) is 0 Å². The SMILES string of the molecule is O=S(=O)(C1CC1)N1CCCN(c2c(Cl)cncc2Cl)CC1. The molecule has 0 amide bonds. The molecular formula is C13H17Cl2N3O2S. The molecule has 0 aromatic carbocycles. The summed E-state index contributed by atoms with van der Waals surface area (Å²) in [5, 5.41) is 0.846. The Balaban J connectivity index is 1.77. The normalized spacial score (nSPS) is 21.3. The fourth-order valence-corrected chi connectivity index (χ4v) is 5.13. The largest absolute Gasteiger partial charge is 0.368 e. The van der Waals surface area contributed by atoms with E-state index in [1.54, 1.807) is 16.7 Å². The Bertz CT molecular complexity index is 614. The van der Waals surface area contributed by atoms with Crippen LogP contribution in [0.15, 0.2) is 12.4 Å². The molecule has 0 spiro atoms. The molecule has 1 saturated heterocycles. The molecule has 0 bridgehead atoms. The van der Waals surface area contributed by atoms with E-state index >= 15 is 0 Å². The fraction of sp³-hybridized carbons (Fsp3) is 0.615. The van der Waals surface area contributed by atoms with Crippen molar-refractivity contribution in [3.05, 3.63) is 22.4 Å². The average Bonchev–Trinajstić information content (AvgIpc) is 3.26. The molecule has 0 radical (unpaired) electrons. The molecule has 0 atom stereocenters. The Morgan fingerprint density at radius 2 is 1.71 bits per heavy atom. The predicted octanol–water partition coefficient (Wildman–Crippen LogP) is 2.39. The maximum Gasteiger partial charge on any atom is 0.217 e. The zero-order chi connectivity index (χ0) is 15.0. The van der Waals surface area contributed by atoms with Crippen molar-refractivity contribution in [2.24, 2.45) is 0 Å². The third-order valence-corrected chi connectivity index (χ3v) is 6.86. The van der Waals surface area contributed by atoms with Gasteiger partial charge in [-0.3, -0.25) is 4.98 Å². The van der Waals surface area contributed by atoms with E-state index in [9.17, 15) is 8.42 Å². The first-order valence-electron chi connectivity index (χ1n) is 7.03. The zero-order valence-electron chi connectivity index (χ0n) is 11.5. The third-order valence-electron chi connectivity index (χ3n) is 3.90. The van der Waals surface area contributed by atoms with Crippen LogP contribution >= 0.6 is 23.2 Å². The van der Waals surface area contributed by atoms with Gasteiger partial charge in [-0.2, -0.15) is 4.31 Å². The van der Waals surface area contributed by atoms with Crippen molar-refractivity contribution in [3.63, 3.8) is 0 Å². The highest BCUT2D eigenvalue weighted by Gasteiger charge is 2.40. The van der Waals surface area contributed by atoms with Crippen LogP contribution in [0.2, 0.25) is 10.0 Å². The summed E-state index contributed by atoms with van der Waals surface area (Å²) >= 11 is 12.4. The molecule has 5 nitrogen and oxygen atoms in total. The third kappa shape index (κ3) is 3.13. The van der Waals surface area contributed by atoms with Crippen molar-refractivity contribution in [2.75, 3.05) is 31.1 Å². The summed E-state index contributed by atoms with van der Waals surface area (Å²) in [6.45, 7) is 2.37. The van der Waals surface area contributed by atoms with Gasteiger partial charge < -0.3 is 4.90 Å². The zero-order valence-corrected chi connectivity index (χ0v) is 13.8. The van der Waals surface area contributed by atoms with Crippen molar-refractivity contribution >= 4 is 38.9 Å². The lowest BCUT2D eigenvalue weighted by molar-refractivity contribution is 0.432. The van der Waals surface area contributed by atoms with Crippen LogP contribution in [0.4, 0.5) is 5.69 Å². The van der Waals surface area contributed by atoms with Gasteiger partial charge in [0.05, 0.1) is 21.0 Å². The Morgan fingerprint density at radius 1 is 1.05 bits per heavy atom. The number of halogens is 2. The van der Waals surface area contributed by atoms with Gasteiger partial charge in [0.25, 0.3) is 0 Å². The molecular weight excluding hydrogens is 333 g/mol. The number of rotatable bonds is 3. The van der Waals surface area contributed by atoms with E-state index in [1.165, 1.54) is 0 Å². The lowest BCUT2D eigenvalue weighted by atomic mass is 10.3. The Labute approximate surface area is 134 Å². The maximum atomic E-state index is 12.3. The van der Waals surface area contributed by atoms with Crippen LogP contribution in [0.5, 0.6) is 0 Å². The van der Waals surface area contributed by atoms with E-state index in [1.807, 2.05) is 0 Å². The van der Waals surface area contributed by atoms with Crippen LogP contribution in [0.25, 0.3) is 0 Å². The van der Waals surface area contributed by atoms with Gasteiger partial charge in [0, 0.05) is 38.6 Å². The molecule has 1 aliphatic carbocycles. The van der Waals surface area contributed by atoms with Gasteiger partial charge in [-0.1, -0.05) is 23.2 Å². The Morgan fingerprint density at radius 3 is 2.33 bits per heavy atom. The van der Waals surface area contributed by atoms with E-state index < -0.39 is 10.0 Å². The van der Waals surface area contributed by atoms with E-state index in [2.05, 4.69) is 9.88 Å². The van der Waals surface area contributed by atoms with Crippen molar-refractivity contribution in [1.82, 2.24) is 9.29 Å². The van der Waals surface area contributed by atoms with Gasteiger partial charge >= 0.3 is 0 Å². The standard InChI is InChI=1S/C13H17Cl2N3O2S/c14-11-8-16-9-12(15)13(11)17-4-1-5-18(7-6-17)21(19,20)10-2-3-10/h8-10H,1-7H2. The highest BCUT2D eigenvalue weighted by atomic mass is 35.5. The number of pyridine rings is 1. The molecule has 3 rings (SSSR count). The van der Waals surface area contributed by atoms with E-state index in [0.29, 0.717) is 29.7 Å². The molecule has 8 heteroatoms. The monoisotopic (exact) mass is 349 g/mol. The first-order valence-corrected chi connectivity index (χ1v) is 9.29. The molecule has 1 saturated carbocycles. The minimum absolute atomic E-state index is 0.155. The van der Waals surface area contributed by atoms with E-state index in [-0.39, 0.29) is 5.25 Å². The summed E-state index contributed by atoms with van der Waals surface area (Å²) < 4.78 is 26.3. The molecule has 21 heavy (non-hydrogen) atoms. The topological polar surface area (TPSA) is 53.5 Å². The number of hydrogen-bond acceptors (Lipinski definition) is 4. The second-order valence-corrected chi connectivity index (χ2v) is 8.46. The summed E-state index contributed by atoms with van der Waals surface area (Å²) in [5.41, 5.74) is 0.749. The van der Waals surface area contributed by atoms with Gasteiger partial charge in [0.1, 0.15) is 0 Å². The Hall–Kier alpha value is -0.560. The number of aromatic nitrogens is 1. The van der Waals surface area contributed by atoms with Gasteiger partial charge in [0.2, 0.25) is 10.0 Å². The molecule has 1 aliphatic heterocycles. The van der Waals surface area contributed by atoms with Crippen LogP contribution in [0.3, 0.4) is 0 Å². The molecule has 0 unspecified atom stereocenters. The molecule has 116 valence electrons. The fourth-order valence-electron chi connectivity index (χ4n) is 2.66. The second-order valence-electron chi connectivity index (χ2n) is 5.44. The first kappa shape index (κ1) is 15.3.